The van der Waals surface area contributed by atoms with Crippen LogP contribution in [-0.2, 0) is 4.79 Å². The highest BCUT2D eigenvalue weighted by Gasteiger charge is 2.34. The SMILES string of the molecule is Cc1csc2nc(NC(=O)CCN3C(=O)c4ccccc4C3=O)nn12. The van der Waals surface area contributed by atoms with E-state index in [0.29, 0.717) is 16.1 Å². The Kier molecular flexibility index (Phi) is 3.57. The van der Waals surface area contributed by atoms with Crippen molar-refractivity contribution < 1.29 is 14.4 Å². The van der Waals surface area contributed by atoms with Crippen LogP contribution >= 0.6 is 11.3 Å². The van der Waals surface area contributed by atoms with Crippen LogP contribution in [0.1, 0.15) is 32.8 Å². The van der Waals surface area contributed by atoms with Gasteiger partial charge in [0.25, 0.3) is 11.8 Å². The molecule has 0 spiro atoms. The molecule has 3 aromatic rings. The highest BCUT2D eigenvalue weighted by Crippen LogP contribution is 2.22. The van der Waals surface area contributed by atoms with Crippen LogP contribution in [0.3, 0.4) is 0 Å². The van der Waals surface area contributed by atoms with Crippen molar-refractivity contribution in [3.05, 3.63) is 46.5 Å². The van der Waals surface area contributed by atoms with Crippen molar-refractivity contribution in [3.63, 3.8) is 0 Å². The Morgan fingerprint density at radius 3 is 2.52 bits per heavy atom. The Balaban J connectivity index is 1.41. The van der Waals surface area contributed by atoms with Crippen molar-refractivity contribution in [2.24, 2.45) is 0 Å². The summed E-state index contributed by atoms with van der Waals surface area (Å²) in [5, 5.41) is 8.71. The molecular formula is C16H13N5O3S. The third-order valence-electron chi connectivity index (χ3n) is 3.94. The van der Waals surface area contributed by atoms with Gasteiger partial charge in [-0.15, -0.1) is 16.4 Å². The van der Waals surface area contributed by atoms with Gasteiger partial charge in [-0.05, 0) is 19.1 Å². The summed E-state index contributed by atoms with van der Waals surface area (Å²) in [5.41, 5.74) is 1.68. The zero-order valence-electron chi connectivity index (χ0n) is 13.2. The molecular weight excluding hydrogens is 342 g/mol. The number of rotatable bonds is 4. The highest BCUT2D eigenvalue weighted by molar-refractivity contribution is 7.15. The number of amides is 3. The summed E-state index contributed by atoms with van der Waals surface area (Å²) in [6, 6.07) is 6.63. The Morgan fingerprint density at radius 2 is 1.88 bits per heavy atom. The molecule has 4 rings (SSSR count). The standard InChI is InChI=1S/C16H13N5O3S/c1-9-8-25-16-18-15(19-21(9)16)17-12(22)6-7-20-13(23)10-4-2-3-5-11(10)14(20)24/h2-5,8H,6-7H2,1H3,(H,17,19,22). The summed E-state index contributed by atoms with van der Waals surface area (Å²) < 4.78 is 1.64. The van der Waals surface area contributed by atoms with Gasteiger partial charge in [-0.1, -0.05) is 12.1 Å². The highest BCUT2D eigenvalue weighted by atomic mass is 32.1. The second-order valence-electron chi connectivity index (χ2n) is 5.61. The normalized spacial score (nSPS) is 13.6. The number of imide groups is 1. The molecule has 1 aliphatic heterocycles. The predicted octanol–water partition coefficient (Wildman–Crippen LogP) is 1.72. The number of aryl methyl sites for hydroxylation is 1. The van der Waals surface area contributed by atoms with Crippen molar-refractivity contribution in [2.45, 2.75) is 13.3 Å². The molecule has 0 bridgehead atoms. The van der Waals surface area contributed by atoms with Gasteiger partial charge in [0.15, 0.2) is 0 Å². The van der Waals surface area contributed by atoms with Crippen molar-refractivity contribution in [1.29, 1.82) is 0 Å². The van der Waals surface area contributed by atoms with E-state index in [1.54, 1.807) is 28.8 Å². The molecule has 2 aromatic heterocycles. The van der Waals surface area contributed by atoms with Crippen LogP contribution in [0.5, 0.6) is 0 Å². The average Bonchev–Trinajstić information content (AvgIpc) is 3.22. The van der Waals surface area contributed by atoms with Crippen LogP contribution in [0.4, 0.5) is 5.95 Å². The quantitative estimate of drug-likeness (QED) is 0.719. The van der Waals surface area contributed by atoms with Gasteiger partial charge >= 0.3 is 0 Å². The predicted molar refractivity (Wildman–Crippen MR) is 90.7 cm³/mol. The third kappa shape index (κ3) is 2.58. The van der Waals surface area contributed by atoms with Crippen molar-refractivity contribution >= 4 is 40.0 Å². The molecule has 0 fully saturated rings. The summed E-state index contributed by atoms with van der Waals surface area (Å²) >= 11 is 1.43. The van der Waals surface area contributed by atoms with Gasteiger partial charge < -0.3 is 0 Å². The molecule has 0 saturated heterocycles. The monoisotopic (exact) mass is 355 g/mol. The molecule has 25 heavy (non-hydrogen) atoms. The first-order valence-electron chi connectivity index (χ1n) is 7.60. The second kappa shape index (κ2) is 5.78. The van der Waals surface area contributed by atoms with Crippen molar-refractivity contribution in [1.82, 2.24) is 19.5 Å². The first-order chi connectivity index (χ1) is 12.0. The number of nitrogens with zero attached hydrogens (tertiary/aromatic N) is 4. The maximum atomic E-state index is 12.2. The van der Waals surface area contributed by atoms with E-state index in [0.717, 1.165) is 10.6 Å². The number of thiazole rings is 1. The number of hydrogen-bond acceptors (Lipinski definition) is 6. The van der Waals surface area contributed by atoms with E-state index < -0.39 is 0 Å². The van der Waals surface area contributed by atoms with Gasteiger partial charge in [0.1, 0.15) is 0 Å². The van der Waals surface area contributed by atoms with Crippen LogP contribution in [0.15, 0.2) is 29.6 Å². The molecule has 8 nitrogen and oxygen atoms in total. The first kappa shape index (κ1) is 15.5. The van der Waals surface area contributed by atoms with Crippen molar-refractivity contribution in [2.75, 3.05) is 11.9 Å². The van der Waals surface area contributed by atoms with E-state index in [9.17, 15) is 14.4 Å². The number of carbonyl (C=O) groups is 3. The smallest absolute Gasteiger partial charge is 0.261 e. The largest absolute Gasteiger partial charge is 0.293 e. The fourth-order valence-corrected chi connectivity index (χ4v) is 3.49. The van der Waals surface area contributed by atoms with E-state index in [-0.39, 0.29) is 36.6 Å². The zero-order valence-corrected chi connectivity index (χ0v) is 14.0. The number of aromatic nitrogens is 3. The molecule has 126 valence electrons. The van der Waals surface area contributed by atoms with E-state index in [4.69, 9.17) is 0 Å². The summed E-state index contributed by atoms with van der Waals surface area (Å²) in [4.78, 5) is 42.6. The molecule has 1 aromatic carbocycles. The molecule has 0 radical (unpaired) electrons. The van der Waals surface area contributed by atoms with E-state index in [1.807, 2.05) is 12.3 Å². The molecule has 1 N–H and O–H groups in total. The number of hydrogen-bond donors (Lipinski definition) is 1. The van der Waals surface area contributed by atoms with Gasteiger partial charge in [-0.25, -0.2) is 4.52 Å². The first-order valence-corrected chi connectivity index (χ1v) is 8.48. The number of nitrogens with one attached hydrogen (secondary N) is 1. The molecule has 0 unspecified atom stereocenters. The van der Waals surface area contributed by atoms with Gasteiger partial charge in [0, 0.05) is 18.3 Å². The molecule has 0 aliphatic carbocycles. The maximum Gasteiger partial charge on any atom is 0.261 e. The minimum atomic E-state index is -0.371. The van der Waals surface area contributed by atoms with Gasteiger partial charge in [-0.2, -0.15) is 4.98 Å². The maximum absolute atomic E-state index is 12.2. The molecule has 0 atom stereocenters. The van der Waals surface area contributed by atoms with Crippen LogP contribution < -0.4 is 5.32 Å². The lowest BCUT2D eigenvalue weighted by Gasteiger charge is -2.12. The van der Waals surface area contributed by atoms with E-state index in [1.165, 1.54) is 11.3 Å². The summed E-state index contributed by atoms with van der Waals surface area (Å²) in [6.07, 6.45) is -0.0166. The molecule has 9 heteroatoms. The van der Waals surface area contributed by atoms with E-state index in [2.05, 4.69) is 15.4 Å². The Bertz CT molecular complexity index is 987. The lowest BCUT2D eigenvalue weighted by molar-refractivity contribution is -0.116. The summed E-state index contributed by atoms with van der Waals surface area (Å²) in [5.74, 6) is -0.885. The lowest BCUT2D eigenvalue weighted by atomic mass is 10.1. The minimum Gasteiger partial charge on any atom is -0.293 e. The van der Waals surface area contributed by atoms with Gasteiger partial charge in [0.05, 0.1) is 16.8 Å². The summed E-state index contributed by atoms with van der Waals surface area (Å²) in [7, 11) is 0. The topological polar surface area (TPSA) is 96.7 Å². The van der Waals surface area contributed by atoms with Crippen LogP contribution in [0.25, 0.3) is 4.96 Å². The lowest BCUT2D eigenvalue weighted by Crippen LogP contribution is -2.33. The van der Waals surface area contributed by atoms with Crippen LogP contribution in [0.2, 0.25) is 0 Å². The van der Waals surface area contributed by atoms with Crippen LogP contribution in [0, 0.1) is 6.92 Å². The minimum absolute atomic E-state index is 0.0133. The zero-order chi connectivity index (χ0) is 17.6. The number of carbonyl (C=O) groups excluding carboxylic acids is 3. The second-order valence-corrected chi connectivity index (χ2v) is 6.45. The fraction of sp³-hybridized carbons (Fsp3) is 0.188. The Morgan fingerprint density at radius 1 is 1.20 bits per heavy atom. The third-order valence-corrected chi connectivity index (χ3v) is 4.87. The fourth-order valence-electron chi connectivity index (χ4n) is 2.69. The molecule has 3 heterocycles. The Hall–Kier alpha value is -3.07. The van der Waals surface area contributed by atoms with Crippen LogP contribution in [-0.4, -0.2) is 43.8 Å². The average molecular weight is 355 g/mol. The Labute approximate surface area is 146 Å². The molecule has 3 amide bonds. The molecule has 1 aliphatic rings. The van der Waals surface area contributed by atoms with Crippen molar-refractivity contribution in [3.8, 4) is 0 Å². The molecule has 0 saturated carbocycles. The van der Waals surface area contributed by atoms with Gasteiger partial charge in [0.2, 0.25) is 16.8 Å². The summed E-state index contributed by atoms with van der Waals surface area (Å²) in [6.45, 7) is 1.91. The van der Waals surface area contributed by atoms with E-state index >= 15 is 0 Å². The number of fused-ring (bicyclic) bond motifs is 2. The number of benzene rings is 1. The van der Waals surface area contributed by atoms with Gasteiger partial charge in [-0.3, -0.25) is 24.6 Å². The number of anilines is 1.